The largest absolute Gasteiger partial charge is 0.367 e. The number of hydrogen-bond donors (Lipinski definition) is 1. The molecule has 1 aromatic heterocycles. The van der Waals surface area contributed by atoms with Gasteiger partial charge >= 0.3 is 0 Å². The Morgan fingerprint density at radius 1 is 1.60 bits per heavy atom. The van der Waals surface area contributed by atoms with Gasteiger partial charge < -0.3 is 14.6 Å². The molecule has 2 rings (SSSR count). The Balaban J connectivity index is 1.76. The first-order valence-electron chi connectivity index (χ1n) is 5.52. The molecule has 0 spiro atoms. The highest BCUT2D eigenvalue weighted by Crippen LogP contribution is 2.09. The topological polar surface area (TPSA) is 60.2 Å². The minimum Gasteiger partial charge on any atom is -0.367 e. The summed E-state index contributed by atoms with van der Waals surface area (Å²) in [5.74, 6) is 1.33. The monoisotopic (exact) mass is 211 g/mol. The van der Waals surface area contributed by atoms with Gasteiger partial charge in [0.05, 0.1) is 6.10 Å². The van der Waals surface area contributed by atoms with Crippen molar-refractivity contribution in [3.8, 4) is 0 Å². The summed E-state index contributed by atoms with van der Waals surface area (Å²) in [5, 5.41) is 7.11. The van der Waals surface area contributed by atoms with E-state index in [0.717, 1.165) is 31.8 Å². The highest BCUT2D eigenvalue weighted by Gasteiger charge is 2.14. The SMILES string of the molecule is CCc1noc(COC2CCCNC2)n1. The molecular formula is C10H17N3O2. The van der Waals surface area contributed by atoms with E-state index in [0.29, 0.717) is 12.5 Å². The van der Waals surface area contributed by atoms with Crippen molar-refractivity contribution in [3.05, 3.63) is 11.7 Å². The lowest BCUT2D eigenvalue weighted by atomic mass is 10.1. The zero-order valence-corrected chi connectivity index (χ0v) is 9.03. The van der Waals surface area contributed by atoms with Crippen LogP contribution in [0.25, 0.3) is 0 Å². The van der Waals surface area contributed by atoms with Crippen LogP contribution < -0.4 is 5.32 Å². The number of aryl methyl sites for hydroxylation is 1. The van der Waals surface area contributed by atoms with Crippen LogP contribution in [0.1, 0.15) is 31.5 Å². The van der Waals surface area contributed by atoms with Gasteiger partial charge in [-0.05, 0) is 19.4 Å². The Labute approximate surface area is 89.2 Å². The molecule has 1 aliphatic rings. The first kappa shape index (κ1) is 10.6. The Morgan fingerprint density at radius 2 is 2.53 bits per heavy atom. The summed E-state index contributed by atoms with van der Waals surface area (Å²) in [6.45, 7) is 4.45. The van der Waals surface area contributed by atoms with Crippen LogP contribution >= 0.6 is 0 Å². The maximum absolute atomic E-state index is 5.67. The van der Waals surface area contributed by atoms with Gasteiger partial charge in [-0.25, -0.2) is 0 Å². The maximum atomic E-state index is 5.67. The summed E-state index contributed by atoms with van der Waals surface area (Å²) in [4.78, 5) is 4.19. The first-order chi connectivity index (χ1) is 7.38. The second-order valence-electron chi connectivity index (χ2n) is 3.74. The normalized spacial score (nSPS) is 21.8. The zero-order chi connectivity index (χ0) is 10.5. The molecule has 84 valence electrons. The molecule has 1 N–H and O–H groups in total. The van der Waals surface area contributed by atoms with Gasteiger partial charge in [-0.2, -0.15) is 4.98 Å². The van der Waals surface area contributed by atoms with Crippen molar-refractivity contribution in [1.82, 2.24) is 15.5 Å². The van der Waals surface area contributed by atoms with Crippen molar-refractivity contribution in [3.63, 3.8) is 0 Å². The number of hydrogen-bond acceptors (Lipinski definition) is 5. The third kappa shape index (κ3) is 3.00. The average molecular weight is 211 g/mol. The minimum atomic E-state index is 0.288. The summed E-state index contributed by atoms with van der Waals surface area (Å²) in [6.07, 6.45) is 3.38. The third-order valence-electron chi connectivity index (χ3n) is 2.52. The number of nitrogens with one attached hydrogen (secondary N) is 1. The fraction of sp³-hybridized carbons (Fsp3) is 0.800. The van der Waals surface area contributed by atoms with Crippen molar-refractivity contribution < 1.29 is 9.26 Å². The van der Waals surface area contributed by atoms with Crippen LogP contribution in [0, 0.1) is 0 Å². The molecule has 5 heteroatoms. The van der Waals surface area contributed by atoms with Crippen molar-refractivity contribution in [2.45, 2.75) is 38.9 Å². The van der Waals surface area contributed by atoms with Crippen LogP contribution in [0.5, 0.6) is 0 Å². The fourth-order valence-corrected chi connectivity index (χ4v) is 1.64. The third-order valence-corrected chi connectivity index (χ3v) is 2.52. The van der Waals surface area contributed by atoms with Gasteiger partial charge in [0.1, 0.15) is 6.61 Å². The van der Waals surface area contributed by atoms with Gasteiger partial charge in [0, 0.05) is 13.0 Å². The Kier molecular flexibility index (Phi) is 3.69. The summed E-state index contributed by atoms with van der Waals surface area (Å²) >= 11 is 0. The van der Waals surface area contributed by atoms with Crippen molar-refractivity contribution >= 4 is 0 Å². The van der Waals surface area contributed by atoms with E-state index < -0.39 is 0 Å². The molecule has 0 aliphatic carbocycles. The first-order valence-corrected chi connectivity index (χ1v) is 5.52. The Morgan fingerprint density at radius 3 is 3.20 bits per heavy atom. The van der Waals surface area contributed by atoms with E-state index in [1.54, 1.807) is 0 Å². The predicted molar refractivity (Wildman–Crippen MR) is 54.4 cm³/mol. The van der Waals surface area contributed by atoms with Crippen LogP contribution in [0.2, 0.25) is 0 Å². The van der Waals surface area contributed by atoms with E-state index in [1.807, 2.05) is 6.92 Å². The molecular weight excluding hydrogens is 194 g/mol. The van der Waals surface area contributed by atoms with Crippen LogP contribution in [0.3, 0.4) is 0 Å². The minimum absolute atomic E-state index is 0.288. The number of ether oxygens (including phenoxy) is 1. The van der Waals surface area contributed by atoms with Crippen LogP contribution in [-0.2, 0) is 17.8 Å². The second kappa shape index (κ2) is 5.23. The van der Waals surface area contributed by atoms with Crippen LogP contribution in [0.4, 0.5) is 0 Å². The number of nitrogens with zero attached hydrogens (tertiary/aromatic N) is 2. The van der Waals surface area contributed by atoms with E-state index in [2.05, 4.69) is 15.5 Å². The lowest BCUT2D eigenvalue weighted by molar-refractivity contribution is 0.0124. The number of rotatable bonds is 4. The van der Waals surface area contributed by atoms with E-state index in [-0.39, 0.29) is 6.10 Å². The zero-order valence-electron chi connectivity index (χ0n) is 9.03. The number of aromatic nitrogens is 2. The van der Waals surface area contributed by atoms with Gasteiger partial charge in [-0.3, -0.25) is 0 Å². The van der Waals surface area contributed by atoms with Crippen molar-refractivity contribution in [1.29, 1.82) is 0 Å². The molecule has 1 unspecified atom stereocenters. The predicted octanol–water partition coefficient (Wildman–Crippen LogP) is 0.901. The molecule has 0 radical (unpaired) electrons. The fourth-order valence-electron chi connectivity index (χ4n) is 1.64. The highest BCUT2D eigenvalue weighted by atomic mass is 16.5. The van der Waals surface area contributed by atoms with Crippen molar-refractivity contribution in [2.24, 2.45) is 0 Å². The summed E-state index contributed by atoms with van der Waals surface area (Å²) in [6, 6.07) is 0. The van der Waals surface area contributed by atoms with Gasteiger partial charge in [0.15, 0.2) is 5.82 Å². The summed E-state index contributed by atoms with van der Waals surface area (Å²) in [5.41, 5.74) is 0. The van der Waals surface area contributed by atoms with E-state index >= 15 is 0 Å². The summed E-state index contributed by atoms with van der Waals surface area (Å²) < 4.78 is 10.7. The highest BCUT2D eigenvalue weighted by molar-refractivity contribution is 4.84. The maximum Gasteiger partial charge on any atom is 0.252 e. The van der Waals surface area contributed by atoms with Gasteiger partial charge in [0.2, 0.25) is 0 Å². The summed E-state index contributed by atoms with van der Waals surface area (Å²) in [7, 11) is 0. The Bertz CT molecular complexity index is 295. The van der Waals surface area contributed by atoms with Crippen molar-refractivity contribution in [2.75, 3.05) is 13.1 Å². The lowest BCUT2D eigenvalue weighted by Gasteiger charge is -2.22. The standard InChI is InChI=1S/C10H17N3O2/c1-2-9-12-10(15-13-9)7-14-8-4-3-5-11-6-8/h8,11H,2-7H2,1H3. The van der Waals surface area contributed by atoms with Gasteiger partial charge in [-0.1, -0.05) is 12.1 Å². The molecule has 0 amide bonds. The molecule has 5 nitrogen and oxygen atoms in total. The molecule has 0 saturated carbocycles. The molecule has 1 atom stereocenters. The molecule has 1 aromatic rings. The molecule has 1 aliphatic heterocycles. The molecule has 2 heterocycles. The average Bonchev–Trinajstić information content (AvgIpc) is 2.76. The number of piperidine rings is 1. The van der Waals surface area contributed by atoms with Crippen LogP contribution in [0.15, 0.2) is 4.52 Å². The Hall–Kier alpha value is -0.940. The second-order valence-corrected chi connectivity index (χ2v) is 3.74. The quantitative estimate of drug-likeness (QED) is 0.801. The van der Waals surface area contributed by atoms with E-state index in [4.69, 9.17) is 9.26 Å². The molecule has 1 saturated heterocycles. The molecule has 0 aromatic carbocycles. The smallest absolute Gasteiger partial charge is 0.252 e. The molecule has 1 fully saturated rings. The lowest BCUT2D eigenvalue weighted by Crippen LogP contribution is -2.35. The molecule has 0 bridgehead atoms. The van der Waals surface area contributed by atoms with Gasteiger partial charge in [-0.15, -0.1) is 0 Å². The van der Waals surface area contributed by atoms with E-state index in [1.165, 1.54) is 6.42 Å². The molecule has 15 heavy (non-hydrogen) atoms. The van der Waals surface area contributed by atoms with E-state index in [9.17, 15) is 0 Å². The van der Waals surface area contributed by atoms with Crippen LogP contribution in [-0.4, -0.2) is 29.3 Å². The van der Waals surface area contributed by atoms with Gasteiger partial charge in [0.25, 0.3) is 5.89 Å².